The number of halogens is 2. The zero-order valence-electron chi connectivity index (χ0n) is 16.4. The summed E-state index contributed by atoms with van der Waals surface area (Å²) in [5.74, 6) is 0.924. The molecule has 29 heavy (non-hydrogen) atoms. The average molecular weight is 438 g/mol. The van der Waals surface area contributed by atoms with Gasteiger partial charge in [0.2, 0.25) is 5.95 Å². The van der Waals surface area contributed by atoms with E-state index < -0.39 is 0 Å². The van der Waals surface area contributed by atoms with Gasteiger partial charge >= 0.3 is 0 Å². The zero-order chi connectivity index (χ0) is 21.2. The number of nitrogens with one attached hydrogen (secondary N) is 2. The van der Waals surface area contributed by atoms with E-state index in [1.807, 2.05) is 0 Å². The van der Waals surface area contributed by atoms with E-state index >= 15 is 0 Å². The minimum Gasteiger partial charge on any atom is -0.396 e. The van der Waals surface area contributed by atoms with E-state index in [2.05, 4.69) is 34.4 Å². The van der Waals surface area contributed by atoms with Crippen LogP contribution in [-0.4, -0.2) is 32.2 Å². The van der Waals surface area contributed by atoms with Crippen molar-refractivity contribution in [2.24, 2.45) is 17.6 Å². The summed E-state index contributed by atoms with van der Waals surface area (Å²) in [6.45, 7) is 4.76. The minimum atomic E-state index is -0.293. The number of nitrogens with zero attached hydrogens (tertiary/aromatic N) is 2. The molecular weight excluding hydrogens is 413 g/mol. The Labute approximate surface area is 180 Å². The molecule has 0 radical (unpaired) electrons. The maximum Gasteiger partial charge on any atom is 0.226 e. The van der Waals surface area contributed by atoms with Crippen molar-refractivity contribution >= 4 is 40.6 Å². The largest absolute Gasteiger partial charge is 0.396 e. The molecule has 156 valence electrons. The number of hydrogen-bond acceptors (Lipinski definition) is 6. The van der Waals surface area contributed by atoms with Gasteiger partial charge in [-0.1, -0.05) is 42.9 Å². The van der Waals surface area contributed by atoms with Crippen LogP contribution in [0, 0.1) is 17.7 Å². The van der Waals surface area contributed by atoms with Gasteiger partial charge < -0.3 is 21.5 Å². The van der Waals surface area contributed by atoms with E-state index in [1.165, 1.54) is 12.1 Å². The molecule has 0 saturated heterocycles. The lowest BCUT2D eigenvalue weighted by Gasteiger charge is -2.33. The van der Waals surface area contributed by atoms with Crippen molar-refractivity contribution in [1.82, 2.24) is 9.97 Å². The summed E-state index contributed by atoms with van der Waals surface area (Å²) in [5.41, 5.74) is 6.86. The third-order valence-corrected chi connectivity index (χ3v) is 6.34. The number of aromatic nitrogens is 2. The van der Waals surface area contributed by atoms with E-state index in [1.54, 1.807) is 12.1 Å². The van der Waals surface area contributed by atoms with Gasteiger partial charge in [-0.15, -0.1) is 0 Å². The van der Waals surface area contributed by atoms with Gasteiger partial charge in [0.25, 0.3) is 0 Å². The molecule has 1 aliphatic rings. The highest BCUT2D eigenvalue weighted by Crippen LogP contribution is 2.42. The van der Waals surface area contributed by atoms with Gasteiger partial charge in [0.1, 0.15) is 21.8 Å². The van der Waals surface area contributed by atoms with Gasteiger partial charge in [0, 0.05) is 18.7 Å². The molecule has 9 heteroatoms. The van der Waals surface area contributed by atoms with Crippen molar-refractivity contribution < 1.29 is 9.50 Å². The highest BCUT2D eigenvalue weighted by atomic mass is 35.5. The second-order valence-electron chi connectivity index (χ2n) is 7.72. The van der Waals surface area contributed by atoms with Crippen LogP contribution < -0.4 is 16.4 Å². The molecule has 6 nitrogen and oxygen atoms in total. The van der Waals surface area contributed by atoms with Crippen molar-refractivity contribution in [2.75, 3.05) is 17.2 Å². The number of nitrogens with two attached hydrogens (primary N) is 1. The summed E-state index contributed by atoms with van der Waals surface area (Å²) < 4.78 is 13.1. The fraction of sp³-hybridized carbons (Fsp3) is 0.450. The predicted octanol–water partition coefficient (Wildman–Crippen LogP) is 3.72. The first-order valence-electron chi connectivity index (χ1n) is 9.48. The number of anilines is 2. The molecule has 2 aromatic rings. The second-order valence-corrected chi connectivity index (χ2v) is 8.52. The van der Waals surface area contributed by atoms with E-state index in [-0.39, 0.29) is 39.9 Å². The first-order chi connectivity index (χ1) is 13.7. The molecule has 0 spiro atoms. The maximum absolute atomic E-state index is 13.1. The molecule has 1 aromatic carbocycles. The lowest BCUT2D eigenvalue weighted by atomic mass is 9.86. The molecular formula is C20H25ClFN5OS. The maximum atomic E-state index is 13.1. The smallest absolute Gasteiger partial charge is 0.226 e. The van der Waals surface area contributed by atoms with Crippen molar-refractivity contribution in [3.63, 3.8) is 0 Å². The Bertz CT molecular complexity index is 897. The van der Waals surface area contributed by atoms with Gasteiger partial charge in [-0.3, -0.25) is 0 Å². The Morgan fingerprint density at radius 2 is 2.07 bits per heavy atom. The topological polar surface area (TPSA) is 96.1 Å². The van der Waals surface area contributed by atoms with Crippen LogP contribution in [0.15, 0.2) is 24.3 Å². The van der Waals surface area contributed by atoms with Gasteiger partial charge in [-0.05, 0) is 49.3 Å². The van der Waals surface area contributed by atoms with Crippen molar-refractivity contribution in [3.05, 3.63) is 46.4 Å². The lowest BCUT2D eigenvalue weighted by Crippen LogP contribution is -2.40. The van der Waals surface area contributed by atoms with Gasteiger partial charge in [0.05, 0.1) is 5.56 Å². The Balaban J connectivity index is 1.86. The SMILES string of the molecule is CC1C(CO)CCC1(C)Nc1nc(NCc2ccc(F)cc2)nc(Cl)c1C(N)=S. The van der Waals surface area contributed by atoms with Crippen LogP contribution in [0.3, 0.4) is 0 Å². The van der Waals surface area contributed by atoms with E-state index in [0.717, 1.165) is 18.4 Å². The van der Waals surface area contributed by atoms with Gasteiger partial charge in [-0.2, -0.15) is 4.98 Å². The van der Waals surface area contributed by atoms with E-state index in [4.69, 9.17) is 29.6 Å². The number of aliphatic hydroxyl groups is 1. The molecule has 3 rings (SSSR count). The quantitative estimate of drug-likeness (QED) is 0.387. The third-order valence-electron chi connectivity index (χ3n) is 5.86. The molecule has 1 saturated carbocycles. The third kappa shape index (κ3) is 4.76. The Morgan fingerprint density at radius 3 is 2.66 bits per heavy atom. The van der Waals surface area contributed by atoms with Crippen LogP contribution in [0.1, 0.15) is 37.8 Å². The Hall–Kier alpha value is -2.03. The molecule has 0 aliphatic heterocycles. The number of thiocarbonyl (C=S) groups is 1. The summed E-state index contributed by atoms with van der Waals surface area (Å²) in [6.07, 6.45) is 1.79. The molecule has 3 atom stereocenters. The highest BCUT2D eigenvalue weighted by molar-refractivity contribution is 7.80. The van der Waals surface area contributed by atoms with Crippen molar-refractivity contribution in [3.8, 4) is 0 Å². The fourth-order valence-corrected chi connectivity index (χ4v) is 4.30. The summed E-state index contributed by atoms with van der Waals surface area (Å²) in [7, 11) is 0. The highest BCUT2D eigenvalue weighted by Gasteiger charge is 2.42. The van der Waals surface area contributed by atoms with Crippen LogP contribution >= 0.6 is 23.8 Å². The molecule has 0 bridgehead atoms. The molecule has 0 amide bonds. The first-order valence-corrected chi connectivity index (χ1v) is 10.3. The Morgan fingerprint density at radius 1 is 1.38 bits per heavy atom. The monoisotopic (exact) mass is 437 g/mol. The van der Waals surface area contributed by atoms with Crippen LogP contribution in [0.25, 0.3) is 0 Å². The van der Waals surface area contributed by atoms with Crippen LogP contribution in [-0.2, 0) is 6.54 Å². The molecule has 1 heterocycles. The lowest BCUT2D eigenvalue weighted by molar-refractivity contribution is 0.187. The molecule has 1 aromatic heterocycles. The Kier molecular flexibility index (Phi) is 6.55. The van der Waals surface area contributed by atoms with E-state index in [0.29, 0.717) is 23.9 Å². The summed E-state index contributed by atoms with van der Waals surface area (Å²) >= 11 is 11.5. The summed E-state index contributed by atoms with van der Waals surface area (Å²) in [6, 6.07) is 6.16. The van der Waals surface area contributed by atoms with Crippen molar-refractivity contribution in [2.45, 2.75) is 38.8 Å². The summed E-state index contributed by atoms with van der Waals surface area (Å²) in [4.78, 5) is 8.92. The summed E-state index contributed by atoms with van der Waals surface area (Å²) in [5, 5.41) is 16.3. The second kappa shape index (κ2) is 8.77. The normalized spacial score (nSPS) is 23.8. The molecule has 3 unspecified atom stereocenters. The predicted molar refractivity (Wildman–Crippen MR) is 118 cm³/mol. The van der Waals surface area contributed by atoms with E-state index in [9.17, 15) is 9.50 Å². The number of benzene rings is 1. The zero-order valence-corrected chi connectivity index (χ0v) is 17.9. The fourth-order valence-electron chi connectivity index (χ4n) is 3.78. The van der Waals surface area contributed by atoms with Gasteiger partial charge in [-0.25, -0.2) is 9.37 Å². The minimum absolute atomic E-state index is 0.107. The average Bonchev–Trinajstić information content (AvgIpc) is 2.94. The van der Waals surface area contributed by atoms with Crippen LogP contribution in [0.4, 0.5) is 16.2 Å². The number of rotatable bonds is 7. The molecule has 1 aliphatic carbocycles. The molecule has 5 N–H and O–H groups in total. The standard InChI is InChI=1S/C20H25ClFN5OS/c1-11-13(10-28)7-8-20(11,2)27-18-15(17(23)29)16(21)25-19(26-18)24-9-12-3-5-14(22)6-4-12/h3-6,11,13,28H,7-10H2,1-2H3,(H2,23,29)(H2,24,25,26,27). The van der Waals surface area contributed by atoms with Crippen molar-refractivity contribution in [1.29, 1.82) is 0 Å². The number of aliphatic hydroxyl groups excluding tert-OH is 1. The first kappa shape index (κ1) is 21.7. The van der Waals surface area contributed by atoms with Gasteiger partial charge in [0.15, 0.2) is 0 Å². The number of hydrogen-bond donors (Lipinski definition) is 4. The van der Waals surface area contributed by atoms with Crippen LogP contribution in [0.2, 0.25) is 5.15 Å². The van der Waals surface area contributed by atoms with Crippen LogP contribution in [0.5, 0.6) is 0 Å². The molecule has 1 fully saturated rings.